The molecule has 0 radical (unpaired) electrons. The third-order valence-electron chi connectivity index (χ3n) is 2.12. The van der Waals surface area contributed by atoms with Crippen LogP contribution in [0.5, 0.6) is 11.5 Å². The van der Waals surface area contributed by atoms with E-state index >= 15 is 0 Å². The summed E-state index contributed by atoms with van der Waals surface area (Å²) in [7, 11) is -0.589. The van der Waals surface area contributed by atoms with Crippen LogP contribution in [-0.4, -0.2) is 32.8 Å². The minimum Gasteiger partial charge on any atom is -0.541 e. The largest absolute Gasteiger partial charge is 0.541 e. The standard InChI is InChI=1S/C12H16O5Si/c1-16-9-6-5-8(7-13)10(12(14)15)11(9)17-18(2,3)4/h5-7H,1-4H3,(H,14,15). The Balaban J connectivity index is 3.50. The Bertz CT molecular complexity index is 476. The van der Waals surface area contributed by atoms with Gasteiger partial charge >= 0.3 is 5.97 Å². The fourth-order valence-corrected chi connectivity index (χ4v) is 2.28. The zero-order chi connectivity index (χ0) is 13.9. The second kappa shape index (κ2) is 5.22. The van der Waals surface area contributed by atoms with E-state index in [0.717, 1.165) is 0 Å². The fourth-order valence-electron chi connectivity index (χ4n) is 1.47. The van der Waals surface area contributed by atoms with Crippen molar-refractivity contribution in [1.82, 2.24) is 0 Å². The number of carbonyl (C=O) groups excluding carboxylic acids is 1. The van der Waals surface area contributed by atoms with Gasteiger partial charge in [0.1, 0.15) is 5.56 Å². The van der Waals surface area contributed by atoms with Crippen LogP contribution >= 0.6 is 0 Å². The highest BCUT2D eigenvalue weighted by Crippen LogP contribution is 2.35. The summed E-state index contributed by atoms with van der Waals surface area (Å²) in [5.74, 6) is -0.751. The second-order valence-electron chi connectivity index (χ2n) is 4.70. The van der Waals surface area contributed by atoms with Crippen molar-refractivity contribution in [2.24, 2.45) is 0 Å². The molecular formula is C12H16O5Si. The lowest BCUT2D eigenvalue weighted by molar-refractivity contribution is 0.0691. The van der Waals surface area contributed by atoms with E-state index in [2.05, 4.69) is 0 Å². The van der Waals surface area contributed by atoms with E-state index in [1.807, 2.05) is 19.6 Å². The SMILES string of the molecule is COc1ccc(C=O)c(C(=O)O)c1O[Si](C)(C)C. The Morgan fingerprint density at radius 3 is 2.33 bits per heavy atom. The van der Waals surface area contributed by atoms with Crippen molar-refractivity contribution in [3.63, 3.8) is 0 Å². The Kier molecular flexibility index (Phi) is 4.13. The molecular weight excluding hydrogens is 252 g/mol. The number of carboxylic acid groups (broad SMARTS) is 1. The van der Waals surface area contributed by atoms with Crippen LogP contribution in [0.2, 0.25) is 19.6 Å². The van der Waals surface area contributed by atoms with Gasteiger partial charge in [0.05, 0.1) is 7.11 Å². The Morgan fingerprint density at radius 1 is 1.33 bits per heavy atom. The van der Waals surface area contributed by atoms with Gasteiger partial charge in [-0.15, -0.1) is 0 Å². The van der Waals surface area contributed by atoms with Crippen molar-refractivity contribution < 1.29 is 23.9 Å². The lowest BCUT2D eigenvalue weighted by atomic mass is 10.1. The molecule has 1 aromatic carbocycles. The van der Waals surface area contributed by atoms with Gasteiger partial charge in [0.25, 0.3) is 0 Å². The van der Waals surface area contributed by atoms with Crippen molar-refractivity contribution in [1.29, 1.82) is 0 Å². The first-order chi connectivity index (χ1) is 8.30. The first-order valence-electron chi connectivity index (χ1n) is 5.38. The molecule has 0 heterocycles. The molecule has 0 aliphatic heterocycles. The van der Waals surface area contributed by atoms with Crippen LogP contribution in [-0.2, 0) is 0 Å². The van der Waals surface area contributed by atoms with E-state index in [-0.39, 0.29) is 16.9 Å². The van der Waals surface area contributed by atoms with Gasteiger partial charge in [-0.05, 0) is 31.8 Å². The first-order valence-corrected chi connectivity index (χ1v) is 8.79. The van der Waals surface area contributed by atoms with Gasteiger partial charge in [-0.25, -0.2) is 4.79 Å². The van der Waals surface area contributed by atoms with Crippen LogP contribution in [0.15, 0.2) is 12.1 Å². The molecule has 0 amide bonds. The molecule has 0 fully saturated rings. The normalized spacial score (nSPS) is 10.9. The topological polar surface area (TPSA) is 72.8 Å². The summed E-state index contributed by atoms with van der Waals surface area (Å²) in [6.07, 6.45) is 0.500. The molecule has 0 bridgehead atoms. The molecule has 98 valence electrons. The van der Waals surface area contributed by atoms with Crippen molar-refractivity contribution in [3.8, 4) is 11.5 Å². The number of carbonyl (C=O) groups is 2. The molecule has 0 aromatic heterocycles. The number of hydrogen-bond acceptors (Lipinski definition) is 4. The number of methoxy groups -OCH3 is 1. The molecule has 0 atom stereocenters. The summed E-state index contributed by atoms with van der Waals surface area (Å²) in [6.45, 7) is 5.77. The van der Waals surface area contributed by atoms with Crippen molar-refractivity contribution in [3.05, 3.63) is 23.3 Å². The maximum Gasteiger partial charge on any atom is 0.340 e. The minimum atomic E-state index is -2.02. The summed E-state index contributed by atoms with van der Waals surface area (Å²) in [4.78, 5) is 22.2. The van der Waals surface area contributed by atoms with Crippen molar-refractivity contribution in [2.75, 3.05) is 7.11 Å². The van der Waals surface area contributed by atoms with E-state index < -0.39 is 14.3 Å². The number of carboxylic acids is 1. The van der Waals surface area contributed by atoms with Crippen LogP contribution in [0.1, 0.15) is 20.7 Å². The van der Waals surface area contributed by atoms with E-state index in [1.54, 1.807) is 0 Å². The van der Waals surface area contributed by atoms with Crippen LogP contribution in [0, 0.1) is 0 Å². The molecule has 1 rings (SSSR count). The summed E-state index contributed by atoms with van der Waals surface area (Å²) < 4.78 is 10.8. The Morgan fingerprint density at radius 2 is 1.94 bits per heavy atom. The Hall–Kier alpha value is -1.82. The predicted molar refractivity (Wildman–Crippen MR) is 69.3 cm³/mol. The average Bonchev–Trinajstić information content (AvgIpc) is 2.25. The van der Waals surface area contributed by atoms with Gasteiger partial charge in [0.2, 0.25) is 8.32 Å². The highest BCUT2D eigenvalue weighted by molar-refractivity contribution is 6.70. The summed E-state index contributed by atoms with van der Waals surface area (Å²) in [6, 6.07) is 2.94. The molecule has 1 N–H and O–H groups in total. The summed E-state index contributed by atoms with van der Waals surface area (Å²) >= 11 is 0. The highest BCUT2D eigenvalue weighted by atomic mass is 28.4. The van der Waals surface area contributed by atoms with E-state index in [9.17, 15) is 14.7 Å². The molecule has 5 nitrogen and oxygen atoms in total. The smallest absolute Gasteiger partial charge is 0.340 e. The molecule has 18 heavy (non-hydrogen) atoms. The minimum absolute atomic E-state index is 0.0801. The summed E-state index contributed by atoms with van der Waals surface area (Å²) in [5, 5.41) is 9.22. The number of aromatic carboxylic acids is 1. The van der Waals surface area contributed by atoms with Crippen molar-refractivity contribution >= 4 is 20.6 Å². The zero-order valence-electron chi connectivity index (χ0n) is 10.8. The second-order valence-corrected chi connectivity index (χ2v) is 9.13. The van der Waals surface area contributed by atoms with E-state index in [1.165, 1.54) is 19.2 Å². The molecule has 0 saturated heterocycles. The number of hydrogen-bond donors (Lipinski definition) is 1. The van der Waals surface area contributed by atoms with Crippen LogP contribution in [0.25, 0.3) is 0 Å². The molecule has 0 aliphatic rings. The van der Waals surface area contributed by atoms with Crippen LogP contribution < -0.4 is 9.16 Å². The Labute approximate surface area is 106 Å². The molecule has 0 aliphatic carbocycles. The van der Waals surface area contributed by atoms with Gasteiger partial charge in [0, 0.05) is 5.56 Å². The molecule has 0 spiro atoms. The van der Waals surface area contributed by atoms with Gasteiger partial charge in [-0.1, -0.05) is 0 Å². The molecule has 1 aromatic rings. The lowest BCUT2D eigenvalue weighted by Gasteiger charge is -2.23. The third-order valence-corrected chi connectivity index (χ3v) is 2.94. The van der Waals surface area contributed by atoms with E-state index in [4.69, 9.17) is 9.16 Å². The maximum atomic E-state index is 11.3. The van der Waals surface area contributed by atoms with E-state index in [0.29, 0.717) is 12.0 Å². The lowest BCUT2D eigenvalue weighted by Crippen LogP contribution is -2.30. The quantitative estimate of drug-likeness (QED) is 0.656. The number of rotatable bonds is 5. The number of ether oxygens (including phenoxy) is 1. The number of benzene rings is 1. The maximum absolute atomic E-state index is 11.3. The summed E-state index contributed by atoms with van der Waals surface area (Å²) in [5.41, 5.74) is -0.0664. The van der Waals surface area contributed by atoms with Crippen LogP contribution in [0.3, 0.4) is 0 Å². The van der Waals surface area contributed by atoms with Gasteiger partial charge < -0.3 is 14.3 Å². The number of aldehydes is 1. The van der Waals surface area contributed by atoms with Crippen LogP contribution in [0.4, 0.5) is 0 Å². The monoisotopic (exact) mass is 268 g/mol. The third kappa shape index (κ3) is 3.10. The van der Waals surface area contributed by atoms with Gasteiger partial charge in [-0.2, -0.15) is 0 Å². The average molecular weight is 268 g/mol. The predicted octanol–water partition coefficient (Wildman–Crippen LogP) is 2.42. The zero-order valence-corrected chi connectivity index (χ0v) is 11.8. The first kappa shape index (κ1) is 14.2. The highest BCUT2D eigenvalue weighted by Gasteiger charge is 2.26. The fraction of sp³-hybridized carbons (Fsp3) is 0.333. The van der Waals surface area contributed by atoms with Gasteiger partial charge in [-0.3, -0.25) is 4.79 Å². The molecule has 0 unspecified atom stereocenters. The van der Waals surface area contributed by atoms with Crippen molar-refractivity contribution in [2.45, 2.75) is 19.6 Å². The molecule has 0 saturated carbocycles. The van der Waals surface area contributed by atoms with Gasteiger partial charge in [0.15, 0.2) is 17.8 Å². The molecule has 6 heteroatoms.